The van der Waals surface area contributed by atoms with Crippen molar-refractivity contribution in [1.29, 1.82) is 0 Å². The van der Waals surface area contributed by atoms with Crippen molar-refractivity contribution in [3.8, 4) is 5.75 Å². The summed E-state index contributed by atoms with van der Waals surface area (Å²) < 4.78 is 34.3. The van der Waals surface area contributed by atoms with Crippen LogP contribution in [-0.2, 0) is 26.2 Å². The van der Waals surface area contributed by atoms with Crippen molar-refractivity contribution in [2.75, 3.05) is 18.0 Å². The summed E-state index contributed by atoms with van der Waals surface area (Å²) in [7, 11) is -2.72. The number of benzene rings is 3. The number of nitrogens with one attached hydrogen (secondary N) is 1. The number of hydrogen-bond acceptors (Lipinski definition) is 5. The van der Waals surface area contributed by atoms with Crippen molar-refractivity contribution in [2.45, 2.75) is 57.6 Å². The molecule has 2 amide bonds. The topological polar surface area (TPSA) is 96.0 Å². The first-order valence-electron chi connectivity index (χ1n) is 13.1. The fourth-order valence-corrected chi connectivity index (χ4v) is 5.99. The molecule has 220 valence electrons. The Hall–Kier alpha value is -3.27. The molecule has 11 heteroatoms. The summed E-state index contributed by atoms with van der Waals surface area (Å²) in [5.41, 5.74) is 1.77. The largest absolute Gasteiger partial charge is 0.497 e. The maximum absolute atomic E-state index is 14.1. The van der Waals surface area contributed by atoms with E-state index in [9.17, 15) is 18.0 Å². The van der Waals surface area contributed by atoms with Gasteiger partial charge < -0.3 is 15.0 Å². The van der Waals surface area contributed by atoms with E-state index in [0.29, 0.717) is 27.8 Å². The van der Waals surface area contributed by atoms with Gasteiger partial charge in [-0.05, 0) is 69.2 Å². The van der Waals surface area contributed by atoms with Crippen molar-refractivity contribution >= 4 is 50.7 Å². The molecule has 0 aliphatic rings. The van der Waals surface area contributed by atoms with E-state index in [1.807, 2.05) is 20.8 Å². The fourth-order valence-electron chi connectivity index (χ4n) is 4.27. The third kappa shape index (κ3) is 8.15. The molecule has 41 heavy (non-hydrogen) atoms. The van der Waals surface area contributed by atoms with Gasteiger partial charge in [-0.1, -0.05) is 60.0 Å². The van der Waals surface area contributed by atoms with Crippen LogP contribution in [0.2, 0.25) is 10.0 Å². The van der Waals surface area contributed by atoms with E-state index in [-0.39, 0.29) is 29.1 Å². The minimum atomic E-state index is -4.19. The average molecular weight is 621 g/mol. The molecule has 0 radical (unpaired) electrons. The lowest BCUT2D eigenvalue weighted by atomic mass is 10.1. The summed E-state index contributed by atoms with van der Waals surface area (Å²) in [4.78, 5) is 28.8. The standard InChI is InChI=1S/C30H35Cl2N3O5S/c1-6-28(30(37)33-20(2)3)34(18-22-12-15-26(31)27(32)16-22)29(36)19-35(23-8-7-9-24(17-23)40-5)41(38,39)25-13-10-21(4)11-14-25/h7-17,20,28H,6,18-19H2,1-5H3,(H,33,37). The SMILES string of the molecule is CCC(C(=O)NC(C)C)N(Cc1ccc(Cl)c(Cl)c1)C(=O)CN(c1cccc(OC)c1)S(=O)(=O)c1ccc(C)cc1. The number of sulfonamides is 1. The summed E-state index contributed by atoms with van der Waals surface area (Å²) in [6.45, 7) is 6.76. The molecule has 8 nitrogen and oxygen atoms in total. The summed E-state index contributed by atoms with van der Waals surface area (Å²) >= 11 is 12.3. The van der Waals surface area contributed by atoms with Crippen LogP contribution < -0.4 is 14.4 Å². The zero-order valence-electron chi connectivity index (χ0n) is 23.7. The molecule has 0 aliphatic carbocycles. The van der Waals surface area contributed by atoms with Gasteiger partial charge in [0.15, 0.2) is 0 Å². The Labute approximate surface area is 252 Å². The number of halogens is 2. The van der Waals surface area contributed by atoms with Gasteiger partial charge in [0.05, 0.1) is 27.7 Å². The number of carbonyl (C=O) groups is 2. The molecule has 3 aromatic rings. The van der Waals surface area contributed by atoms with Crippen LogP contribution in [-0.4, -0.2) is 50.9 Å². The van der Waals surface area contributed by atoms with E-state index in [2.05, 4.69) is 5.32 Å². The first-order chi connectivity index (χ1) is 19.4. The third-order valence-corrected chi connectivity index (χ3v) is 8.91. The summed E-state index contributed by atoms with van der Waals surface area (Å²) in [6, 6.07) is 16.8. The van der Waals surface area contributed by atoms with Gasteiger partial charge in [0.1, 0.15) is 18.3 Å². The van der Waals surface area contributed by atoms with Crippen LogP contribution in [0.15, 0.2) is 71.6 Å². The Morgan fingerprint density at radius 3 is 2.24 bits per heavy atom. The Morgan fingerprint density at radius 2 is 1.66 bits per heavy atom. The highest BCUT2D eigenvalue weighted by Gasteiger charge is 2.34. The number of carbonyl (C=O) groups excluding carboxylic acids is 2. The van der Waals surface area contributed by atoms with Gasteiger partial charge in [-0.2, -0.15) is 0 Å². The molecule has 3 aromatic carbocycles. The number of rotatable bonds is 12. The molecule has 1 atom stereocenters. The average Bonchev–Trinajstić information content (AvgIpc) is 2.93. The van der Waals surface area contributed by atoms with E-state index >= 15 is 0 Å². The van der Waals surface area contributed by atoms with E-state index in [1.54, 1.807) is 61.5 Å². The lowest BCUT2D eigenvalue weighted by Gasteiger charge is -2.33. The van der Waals surface area contributed by atoms with Crippen LogP contribution in [0.1, 0.15) is 38.3 Å². The van der Waals surface area contributed by atoms with Crippen LogP contribution in [0.3, 0.4) is 0 Å². The zero-order chi connectivity index (χ0) is 30.3. The molecule has 0 spiro atoms. The Kier molecular flexibility index (Phi) is 11.1. The van der Waals surface area contributed by atoms with Crippen molar-refractivity contribution < 1.29 is 22.7 Å². The molecule has 0 saturated heterocycles. The highest BCUT2D eigenvalue weighted by molar-refractivity contribution is 7.92. The number of methoxy groups -OCH3 is 1. The van der Waals surface area contributed by atoms with Gasteiger partial charge in [-0.3, -0.25) is 13.9 Å². The number of ether oxygens (including phenoxy) is 1. The smallest absolute Gasteiger partial charge is 0.264 e. The molecular formula is C30H35Cl2N3O5S. The Balaban J connectivity index is 2.10. The second kappa shape index (κ2) is 14.1. The molecular weight excluding hydrogens is 585 g/mol. The van der Waals surface area contributed by atoms with Gasteiger partial charge in [-0.25, -0.2) is 8.42 Å². The quantitative estimate of drug-likeness (QED) is 0.275. The molecule has 0 saturated carbocycles. The highest BCUT2D eigenvalue weighted by atomic mass is 35.5. The monoisotopic (exact) mass is 619 g/mol. The first kappa shape index (κ1) is 32.2. The zero-order valence-corrected chi connectivity index (χ0v) is 26.1. The van der Waals surface area contributed by atoms with Gasteiger partial charge in [0, 0.05) is 18.7 Å². The molecule has 0 bridgehead atoms. The predicted molar refractivity (Wildman–Crippen MR) is 163 cm³/mol. The molecule has 0 fully saturated rings. The van der Waals surface area contributed by atoms with Gasteiger partial charge in [0.2, 0.25) is 11.8 Å². The van der Waals surface area contributed by atoms with Crippen LogP contribution >= 0.6 is 23.2 Å². The maximum Gasteiger partial charge on any atom is 0.264 e. The van der Waals surface area contributed by atoms with Crippen molar-refractivity contribution in [3.05, 3.63) is 87.9 Å². The molecule has 0 aliphatic heterocycles. The summed E-state index contributed by atoms with van der Waals surface area (Å²) in [5.74, 6) is -0.486. The second-order valence-electron chi connectivity index (χ2n) is 9.88. The molecule has 1 N–H and O–H groups in total. The van der Waals surface area contributed by atoms with Crippen LogP contribution in [0.4, 0.5) is 5.69 Å². The summed E-state index contributed by atoms with van der Waals surface area (Å²) in [6.07, 6.45) is 0.301. The Bertz CT molecular complexity index is 1480. The number of anilines is 1. The number of nitrogens with zero attached hydrogens (tertiary/aromatic N) is 2. The molecule has 0 aromatic heterocycles. The number of aryl methyl sites for hydroxylation is 1. The fraction of sp³-hybridized carbons (Fsp3) is 0.333. The first-order valence-corrected chi connectivity index (χ1v) is 15.3. The van der Waals surface area contributed by atoms with Crippen molar-refractivity contribution in [1.82, 2.24) is 10.2 Å². The third-order valence-electron chi connectivity index (χ3n) is 6.38. The van der Waals surface area contributed by atoms with E-state index in [1.165, 1.54) is 24.1 Å². The second-order valence-corrected chi connectivity index (χ2v) is 12.6. The van der Waals surface area contributed by atoms with E-state index < -0.39 is 28.5 Å². The van der Waals surface area contributed by atoms with Crippen molar-refractivity contribution in [2.24, 2.45) is 0 Å². The minimum absolute atomic E-state index is 0.0102. The highest BCUT2D eigenvalue weighted by Crippen LogP contribution is 2.29. The minimum Gasteiger partial charge on any atom is -0.497 e. The lowest BCUT2D eigenvalue weighted by molar-refractivity contribution is -0.140. The van der Waals surface area contributed by atoms with E-state index in [0.717, 1.165) is 9.87 Å². The number of amides is 2. The van der Waals surface area contributed by atoms with Crippen molar-refractivity contribution in [3.63, 3.8) is 0 Å². The van der Waals surface area contributed by atoms with Crippen LogP contribution in [0, 0.1) is 6.92 Å². The van der Waals surface area contributed by atoms with Crippen LogP contribution in [0.25, 0.3) is 0 Å². The molecule has 3 rings (SSSR count). The van der Waals surface area contributed by atoms with Crippen LogP contribution in [0.5, 0.6) is 5.75 Å². The summed E-state index contributed by atoms with van der Waals surface area (Å²) in [5, 5.41) is 3.52. The van der Waals surface area contributed by atoms with Gasteiger partial charge in [0.25, 0.3) is 10.0 Å². The molecule has 0 heterocycles. The normalized spacial score (nSPS) is 12.1. The van der Waals surface area contributed by atoms with E-state index in [4.69, 9.17) is 27.9 Å². The maximum atomic E-state index is 14.1. The van der Waals surface area contributed by atoms with Gasteiger partial charge >= 0.3 is 0 Å². The molecule has 1 unspecified atom stereocenters. The predicted octanol–water partition coefficient (Wildman–Crippen LogP) is 5.84. The van der Waals surface area contributed by atoms with Gasteiger partial charge in [-0.15, -0.1) is 0 Å². The lowest BCUT2D eigenvalue weighted by Crippen LogP contribution is -2.53. The number of hydrogen-bond donors (Lipinski definition) is 1. The Morgan fingerprint density at radius 1 is 0.976 bits per heavy atom.